The summed E-state index contributed by atoms with van der Waals surface area (Å²) in [5.41, 5.74) is 1.04. The molecule has 2 rings (SSSR count). The van der Waals surface area contributed by atoms with Crippen LogP contribution in [0.1, 0.15) is 5.56 Å². The summed E-state index contributed by atoms with van der Waals surface area (Å²) in [4.78, 5) is 28.0. The number of piperazine rings is 1. The summed E-state index contributed by atoms with van der Waals surface area (Å²) in [6, 6.07) is 9.29. The van der Waals surface area contributed by atoms with Crippen molar-refractivity contribution in [2.45, 2.75) is 12.5 Å². The Morgan fingerprint density at radius 1 is 1.13 bits per heavy atom. The van der Waals surface area contributed by atoms with Gasteiger partial charge < -0.3 is 19.3 Å². The quantitative estimate of drug-likeness (QED) is 0.657. The number of hydrogen-bond donors (Lipinski definition) is 0. The normalized spacial score (nSPS) is 18.6. The van der Waals surface area contributed by atoms with E-state index in [1.807, 2.05) is 30.3 Å². The van der Waals surface area contributed by atoms with E-state index in [1.54, 1.807) is 19.1 Å². The predicted molar refractivity (Wildman–Crippen MR) is 86.0 cm³/mol. The van der Waals surface area contributed by atoms with Crippen LogP contribution in [0.5, 0.6) is 0 Å². The van der Waals surface area contributed by atoms with Gasteiger partial charge in [0.05, 0.1) is 26.4 Å². The average molecular weight is 320 g/mol. The van der Waals surface area contributed by atoms with Gasteiger partial charge in [-0.3, -0.25) is 9.59 Å². The molecule has 0 spiro atoms. The van der Waals surface area contributed by atoms with Crippen molar-refractivity contribution in [1.29, 1.82) is 0 Å². The number of benzene rings is 1. The predicted octanol–water partition coefficient (Wildman–Crippen LogP) is 0.561. The van der Waals surface area contributed by atoms with E-state index >= 15 is 0 Å². The van der Waals surface area contributed by atoms with E-state index < -0.39 is 6.04 Å². The maximum Gasteiger partial charge on any atom is 0.245 e. The van der Waals surface area contributed by atoms with Crippen molar-refractivity contribution in [3.63, 3.8) is 0 Å². The number of methoxy groups -OCH3 is 1. The first-order valence-corrected chi connectivity index (χ1v) is 7.78. The number of rotatable bonds is 8. The van der Waals surface area contributed by atoms with Crippen molar-refractivity contribution >= 4 is 11.8 Å². The van der Waals surface area contributed by atoms with Gasteiger partial charge in [-0.25, -0.2) is 0 Å². The molecule has 126 valence electrons. The molecule has 0 aliphatic carbocycles. The zero-order valence-corrected chi connectivity index (χ0v) is 13.7. The lowest BCUT2D eigenvalue weighted by Gasteiger charge is -2.39. The van der Waals surface area contributed by atoms with E-state index in [9.17, 15) is 9.59 Å². The molecular weight excluding hydrogens is 296 g/mol. The van der Waals surface area contributed by atoms with Crippen LogP contribution in [0.2, 0.25) is 0 Å². The van der Waals surface area contributed by atoms with E-state index in [-0.39, 0.29) is 18.4 Å². The Morgan fingerprint density at radius 3 is 2.57 bits per heavy atom. The van der Waals surface area contributed by atoms with Gasteiger partial charge in [0.2, 0.25) is 11.8 Å². The van der Waals surface area contributed by atoms with E-state index in [4.69, 9.17) is 9.47 Å². The Morgan fingerprint density at radius 2 is 1.87 bits per heavy atom. The fraction of sp³-hybridized carbons (Fsp3) is 0.529. The third-order valence-corrected chi connectivity index (χ3v) is 3.91. The van der Waals surface area contributed by atoms with Gasteiger partial charge in [-0.2, -0.15) is 0 Å². The molecule has 23 heavy (non-hydrogen) atoms. The molecule has 0 aromatic heterocycles. The second kappa shape index (κ2) is 8.64. The molecule has 1 saturated heterocycles. The first-order chi connectivity index (χ1) is 11.1. The Kier molecular flexibility index (Phi) is 6.55. The monoisotopic (exact) mass is 320 g/mol. The van der Waals surface area contributed by atoms with Crippen molar-refractivity contribution in [1.82, 2.24) is 9.80 Å². The molecule has 0 bridgehead atoms. The van der Waals surface area contributed by atoms with Gasteiger partial charge in [0.1, 0.15) is 6.04 Å². The van der Waals surface area contributed by atoms with Crippen LogP contribution >= 0.6 is 0 Å². The van der Waals surface area contributed by atoms with Crippen LogP contribution in [0.25, 0.3) is 0 Å². The van der Waals surface area contributed by atoms with E-state index in [2.05, 4.69) is 0 Å². The fourth-order valence-electron chi connectivity index (χ4n) is 2.66. The Hall–Kier alpha value is -1.92. The molecule has 2 amide bonds. The van der Waals surface area contributed by atoms with Crippen LogP contribution in [-0.2, 0) is 25.5 Å². The summed E-state index contributed by atoms with van der Waals surface area (Å²) >= 11 is 0. The topological polar surface area (TPSA) is 59.1 Å². The third-order valence-electron chi connectivity index (χ3n) is 3.91. The molecule has 1 aliphatic heterocycles. The highest BCUT2D eigenvalue weighted by Crippen LogP contribution is 2.16. The third kappa shape index (κ3) is 4.77. The smallest absolute Gasteiger partial charge is 0.245 e. The minimum absolute atomic E-state index is 0.0228. The first-order valence-electron chi connectivity index (χ1n) is 7.78. The highest BCUT2D eigenvalue weighted by molar-refractivity contribution is 5.94. The highest BCUT2D eigenvalue weighted by Gasteiger charge is 2.37. The van der Waals surface area contributed by atoms with Crippen molar-refractivity contribution < 1.29 is 19.1 Å². The van der Waals surface area contributed by atoms with Gasteiger partial charge in [-0.15, -0.1) is 0 Å². The second-order valence-electron chi connectivity index (χ2n) is 5.59. The molecule has 1 atom stereocenters. The number of nitrogens with zero attached hydrogens (tertiary/aromatic N) is 2. The standard InChI is InChI=1S/C17H24N2O4/c1-18-13-16(20)19(8-9-23-11-10-22-2)15(17(18)21)12-14-6-4-3-5-7-14/h3-7,15H,8-13H2,1-2H3/t15-/m1/s1. The first kappa shape index (κ1) is 17.4. The Bertz CT molecular complexity index is 521. The summed E-state index contributed by atoms with van der Waals surface area (Å²) < 4.78 is 10.4. The fourth-order valence-corrected chi connectivity index (χ4v) is 2.66. The van der Waals surface area contributed by atoms with Crippen LogP contribution in [-0.4, -0.2) is 74.7 Å². The van der Waals surface area contributed by atoms with Gasteiger partial charge >= 0.3 is 0 Å². The number of amides is 2. The number of carbonyl (C=O) groups excluding carboxylic acids is 2. The van der Waals surface area contributed by atoms with Crippen molar-refractivity contribution in [2.75, 3.05) is 47.1 Å². The summed E-state index contributed by atoms with van der Waals surface area (Å²) in [6.07, 6.45) is 0.522. The molecule has 6 heteroatoms. The van der Waals surface area contributed by atoms with E-state index in [0.29, 0.717) is 32.8 Å². The van der Waals surface area contributed by atoms with Gasteiger partial charge in [0, 0.05) is 27.1 Å². The molecule has 0 N–H and O–H groups in total. The van der Waals surface area contributed by atoms with Gasteiger partial charge in [0.25, 0.3) is 0 Å². The van der Waals surface area contributed by atoms with Crippen LogP contribution in [0, 0.1) is 0 Å². The zero-order chi connectivity index (χ0) is 16.7. The Balaban J connectivity index is 2.01. The Labute approximate surface area is 137 Å². The highest BCUT2D eigenvalue weighted by atomic mass is 16.5. The summed E-state index contributed by atoms with van der Waals surface area (Å²) in [5, 5.41) is 0. The molecule has 1 aromatic carbocycles. The van der Waals surface area contributed by atoms with Crippen molar-refractivity contribution in [2.24, 2.45) is 0 Å². The zero-order valence-electron chi connectivity index (χ0n) is 13.7. The van der Waals surface area contributed by atoms with E-state index in [0.717, 1.165) is 5.56 Å². The largest absolute Gasteiger partial charge is 0.382 e. The van der Waals surface area contributed by atoms with Crippen molar-refractivity contribution in [3.8, 4) is 0 Å². The average Bonchev–Trinajstić information content (AvgIpc) is 2.55. The minimum Gasteiger partial charge on any atom is -0.382 e. The lowest BCUT2D eigenvalue weighted by atomic mass is 10.0. The summed E-state index contributed by atoms with van der Waals surface area (Å²) in [7, 11) is 3.28. The molecule has 0 radical (unpaired) electrons. The van der Waals surface area contributed by atoms with Gasteiger partial charge in [-0.05, 0) is 5.56 Å². The van der Waals surface area contributed by atoms with Crippen LogP contribution < -0.4 is 0 Å². The minimum atomic E-state index is -0.463. The lowest BCUT2D eigenvalue weighted by molar-refractivity contribution is -0.155. The number of likely N-dealkylation sites (N-methyl/N-ethyl adjacent to an activating group) is 1. The molecule has 6 nitrogen and oxygen atoms in total. The van der Waals surface area contributed by atoms with Gasteiger partial charge in [-0.1, -0.05) is 30.3 Å². The van der Waals surface area contributed by atoms with Crippen LogP contribution in [0.4, 0.5) is 0 Å². The molecule has 0 unspecified atom stereocenters. The number of ether oxygens (including phenoxy) is 2. The van der Waals surface area contributed by atoms with E-state index in [1.165, 1.54) is 4.90 Å². The van der Waals surface area contributed by atoms with Crippen molar-refractivity contribution in [3.05, 3.63) is 35.9 Å². The summed E-state index contributed by atoms with van der Waals surface area (Å²) in [5.74, 6) is -0.0614. The van der Waals surface area contributed by atoms with Gasteiger partial charge in [0.15, 0.2) is 0 Å². The number of hydrogen-bond acceptors (Lipinski definition) is 4. The summed E-state index contributed by atoms with van der Waals surface area (Å²) in [6.45, 7) is 1.94. The van der Waals surface area contributed by atoms with Crippen LogP contribution in [0.3, 0.4) is 0 Å². The number of carbonyl (C=O) groups is 2. The second-order valence-corrected chi connectivity index (χ2v) is 5.59. The molecule has 1 aliphatic rings. The molecular formula is C17H24N2O4. The maximum absolute atomic E-state index is 12.5. The molecule has 1 aromatic rings. The molecule has 1 heterocycles. The maximum atomic E-state index is 12.5. The SMILES string of the molecule is COCCOCCN1C(=O)CN(C)C(=O)[C@H]1Cc1ccccc1. The molecule has 0 saturated carbocycles. The lowest BCUT2D eigenvalue weighted by Crippen LogP contribution is -2.60. The van der Waals surface area contributed by atoms with Crippen LogP contribution in [0.15, 0.2) is 30.3 Å². The molecule has 1 fully saturated rings.